The van der Waals surface area contributed by atoms with Gasteiger partial charge >= 0.3 is 0 Å². The van der Waals surface area contributed by atoms with Crippen molar-refractivity contribution in [1.82, 2.24) is 0 Å². The minimum Gasteiger partial charge on any atom is -0.494 e. The summed E-state index contributed by atoms with van der Waals surface area (Å²) in [5.41, 5.74) is 1.70. The summed E-state index contributed by atoms with van der Waals surface area (Å²) in [5, 5.41) is 0. The molecule has 0 amide bonds. The monoisotopic (exact) mass is 420 g/mol. The molecule has 1 heterocycles. The zero-order valence-electron chi connectivity index (χ0n) is 17.5. The number of ether oxygens (including phenoxy) is 3. The highest BCUT2D eigenvalue weighted by Crippen LogP contribution is 2.41. The van der Waals surface area contributed by atoms with Crippen LogP contribution in [0.4, 0.5) is 13.2 Å². The van der Waals surface area contributed by atoms with Crippen molar-refractivity contribution in [3.63, 3.8) is 0 Å². The predicted octanol–water partition coefficient (Wildman–Crippen LogP) is 6.70. The molecule has 0 bridgehead atoms. The third-order valence-corrected chi connectivity index (χ3v) is 5.55. The second-order valence-electron chi connectivity index (χ2n) is 7.72. The first-order valence-electron chi connectivity index (χ1n) is 10.2. The average molecular weight is 420 g/mol. The molecule has 0 aromatic heterocycles. The van der Waals surface area contributed by atoms with E-state index in [1.807, 2.05) is 0 Å². The van der Waals surface area contributed by atoms with Gasteiger partial charge in [0.15, 0.2) is 23.0 Å². The summed E-state index contributed by atoms with van der Waals surface area (Å²) in [6.45, 7) is 9.56. The molecule has 3 rings (SSSR count). The lowest BCUT2D eigenvalue weighted by molar-refractivity contribution is 0.270. The van der Waals surface area contributed by atoms with Crippen LogP contribution in [0.3, 0.4) is 0 Å². The average Bonchev–Trinajstić information content (AvgIpc) is 2.75. The summed E-state index contributed by atoms with van der Waals surface area (Å²) < 4.78 is 59.3. The lowest BCUT2D eigenvalue weighted by Crippen LogP contribution is -2.15. The molecular formula is C24H27F3O3. The van der Waals surface area contributed by atoms with E-state index in [2.05, 4.69) is 26.2 Å². The van der Waals surface area contributed by atoms with Crippen LogP contribution in [0.15, 0.2) is 53.8 Å². The molecule has 0 saturated heterocycles. The largest absolute Gasteiger partial charge is 0.494 e. The maximum Gasteiger partial charge on any atom is 0.207 e. The van der Waals surface area contributed by atoms with Crippen LogP contribution in [-0.4, -0.2) is 13.7 Å². The van der Waals surface area contributed by atoms with Gasteiger partial charge in [0.2, 0.25) is 17.5 Å². The van der Waals surface area contributed by atoms with Crippen LogP contribution in [0.25, 0.3) is 0 Å². The Labute approximate surface area is 175 Å². The number of benzene rings is 1. The number of methoxy groups -OCH3 is 1. The SMILES string of the molecule is C=C(OC)/C(F)=C1/Oc2c(cc(OCC3=CCC(CCC)CC3)c(F)c2F)CC1=C. The first kappa shape index (κ1) is 22.1. The minimum absolute atomic E-state index is 0.0873. The third-order valence-electron chi connectivity index (χ3n) is 5.55. The Balaban J connectivity index is 1.78. The van der Waals surface area contributed by atoms with Crippen LogP contribution in [0, 0.1) is 17.6 Å². The molecular weight excluding hydrogens is 393 g/mol. The molecule has 162 valence electrons. The van der Waals surface area contributed by atoms with Crippen molar-refractivity contribution in [1.29, 1.82) is 0 Å². The van der Waals surface area contributed by atoms with Crippen LogP contribution in [0.2, 0.25) is 0 Å². The highest BCUT2D eigenvalue weighted by molar-refractivity contribution is 5.52. The third kappa shape index (κ3) is 4.58. The fraction of sp³-hybridized carbons (Fsp3) is 0.417. The van der Waals surface area contributed by atoms with Gasteiger partial charge in [0, 0.05) is 12.0 Å². The van der Waals surface area contributed by atoms with Crippen molar-refractivity contribution >= 4 is 0 Å². The van der Waals surface area contributed by atoms with Gasteiger partial charge in [0.25, 0.3) is 0 Å². The molecule has 0 spiro atoms. The Morgan fingerprint density at radius 3 is 2.70 bits per heavy atom. The van der Waals surface area contributed by atoms with E-state index in [1.54, 1.807) is 0 Å². The van der Waals surface area contributed by atoms with Crippen LogP contribution in [0.1, 0.15) is 44.6 Å². The number of halogens is 3. The molecule has 3 nitrogen and oxygen atoms in total. The Kier molecular flexibility index (Phi) is 6.95. The highest BCUT2D eigenvalue weighted by Gasteiger charge is 2.30. The zero-order valence-corrected chi connectivity index (χ0v) is 17.5. The van der Waals surface area contributed by atoms with Gasteiger partial charge in [-0.15, -0.1) is 0 Å². The van der Waals surface area contributed by atoms with E-state index in [1.165, 1.54) is 19.6 Å². The van der Waals surface area contributed by atoms with Gasteiger partial charge in [0.1, 0.15) is 6.61 Å². The van der Waals surface area contributed by atoms with Crippen LogP contribution >= 0.6 is 0 Å². The van der Waals surface area contributed by atoms with Crippen LogP contribution in [-0.2, 0) is 11.2 Å². The van der Waals surface area contributed by atoms with E-state index in [0.29, 0.717) is 11.5 Å². The summed E-state index contributed by atoms with van der Waals surface area (Å²) in [4.78, 5) is 0. The molecule has 30 heavy (non-hydrogen) atoms. The normalized spacial score (nSPS) is 20.1. The van der Waals surface area contributed by atoms with Gasteiger partial charge in [-0.25, -0.2) is 0 Å². The van der Waals surface area contributed by atoms with E-state index < -0.39 is 17.5 Å². The number of rotatable bonds is 7. The Morgan fingerprint density at radius 2 is 2.07 bits per heavy atom. The summed E-state index contributed by atoms with van der Waals surface area (Å²) in [6, 6.07) is 1.39. The number of hydrogen-bond donors (Lipinski definition) is 0. The zero-order chi connectivity index (χ0) is 21.8. The second kappa shape index (κ2) is 9.45. The quantitative estimate of drug-likeness (QED) is 0.363. The van der Waals surface area contributed by atoms with E-state index >= 15 is 0 Å². The maximum atomic E-state index is 14.7. The first-order valence-corrected chi connectivity index (χ1v) is 10.2. The van der Waals surface area contributed by atoms with E-state index in [9.17, 15) is 13.2 Å². The molecule has 1 atom stereocenters. The van der Waals surface area contributed by atoms with Crippen molar-refractivity contribution in [3.05, 3.63) is 71.0 Å². The van der Waals surface area contributed by atoms with Gasteiger partial charge in [0.05, 0.1) is 7.11 Å². The second-order valence-corrected chi connectivity index (χ2v) is 7.72. The maximum absolute atomic E-state index is 14.7. The highest BCUT2D eigenvalue weighted by atomic mass is 19.2. The molecule has 0 N–H and O–H groups in total. The first-order chi connectivity index (χ1) is 14.3. The molecule has 1 aromatic rings. The minimum atomic E-state index is -1.22. The smallest absolute Gasteiger partial charge is 0.207 e. The topological polar surface area (TPSA) is 27.7 Å². The summed E-state index contributed by atoms with van der Waals surface area (Å²) in [5.74, 6) is -3.74. The van der Waals surface area contributed by atoms with E-state index in [4.69, 9.17) is 14.2 Å². The molecule has 0 radical (unpaired) electrons. The molecule has 0 saturated carbocycles. The Hall–Kier alpha value is -2.63. The lowest BCUT2D eigenvalue weighted by atomic mass is 9.87. The van der Waals surface area contributed by atoms with Gasteiger partial charge in [-0.3, -0.25) is 0 Å². The fourth-order valence-electron chi connectivity index (χ4n) is 3.80. The molecule has 2 aliphatic rings. The molecule has 0 fully saturated rings. The Bertz CT molecular complexity index is 915. The molecule has 1 aliphatic carbocycles. The van der Waals surface area contributed by atoms with Crippen molar-refractivity contribution < 1.29 is 27.4 Å². The predicted molar refractivity (Wildman–Crippen MR) is 110 cm³/mol. The fourth-order valence-corrected chi connectivity index (χ4v) is 3.80. The van der Waals surface area contributed by atoms with Gasteiger partial charge < -0.3 is 14.2 Å². The summed E-state index contributed by atoms with van der Waals surface area (Å²) >= 11 is 0. The van der Waals surface area contributed by atoms with Crippen molar-refractivity contribution in [3.8, 4) is 11.5 Å². The van der Waals surface area contributed by atoms with Crippen molar-refractivity contribution in [2.75, 3.05) is 13.7 Å². The molecule has 1 unspecified atom stereocenters. The molecule has 1 aliphatic heterocycles. The molecule has 1 aromatic carbocycles. The molecule has 6 heteroatoms. The van der Waals surface area contributed by atoms with E-state index in [0.717, 1.165) is 31.3 Å². The lowest BCUT2D eigenvalue weighted by Gasteiger charge is -2.24. The number of allylic oxidation sites excluding steroid dienone is 3. The van der Waals surface area contributed by atoms with Crippen LogP contribution < -0.4 is 9.47 Å². The van der Waals surface area contributed by atoms with Gasteiger partial charge in [-0.2, -0.15) is 13.2 Å². The standard InChI is InChI=1S/C24H27F3O3/c1-5-6-16-7-9-17(10-8-16)13-29-19-12-18-11-14(2)23(20(25)15(3)28-4)30-24(18)22(27)21(19)26/h9,12,16H,2-3,5-8,10-11,13H2,1,4H3/b23-20-. The summed E-state index contributed by atoms with van der Waals surface area (Å²) in [6.07, 6.45) is 7.58. The van der Waals surface area contributed by atoms with E-state index in [-0.39, 0.29) is 41.6 Å². The van der Waals surface area contributed by atoms with Crippen molar-refractivity contribution in [2.24, 2.45) is 5.92 Å². The van der Waals surface area contributed by atoms with Gasteiger partial charge in [-0.05, 0) is 42.4 Å². The van der Waals surface area contributed by atoms with Gasteiger partial charge in [-0.1, -0.05) is 39.0 Å². The van der Waals surface area contributed by atoms with Crippen molar-refractivity contribution in [2.45, 2.75) is 45.4 Å². The summed E-state index contributed by atoms with van der Waals surface area (Å²) in [7, 11) is 1.25. The number of fused-ring (bicyclic) bond motifs is 1. The Morgan fingerprint density at radius 1 is 1.30 bits per heavy atom. The van der Waals surface area contributed by atoms with Crippen LogP contribution in [0.5, 0.6) is 11.5 Å². The number of hydrogen-bond acceptors (Lipinski definition) is 3.